The van der Waals surface area contributed by atoms with Crippen LogP contribution in [-0.2, 0) is 6.54 Å². The zero-order chi connectivity index (χ0) is 15.5. The molecule has 114 valence electrons. The number of nitrogens with zero attached hydrogens (tertiary/aromatic N) is 2. The van der Waals surface area contributed by atoms with Gasteiger partial charge in [0.1, 0.15) is 0 Å². The van der Waals surface area contributed by atoms with Crippen LogP contribution < -0.4 is 0 Å². The third-order valence-electron chi connectivity index (χ3n) is 4.32. The Morgan fingerprint density at radius 2 is 2.00 bits per heavy atom. The number of hydrogen-bond donors (Lipinski definition) is 0. The van der Waals surface area contributed by atoms with Crippen LogP contribution in [0, 0.1) is 17.0 Å². The third-order valence-corrected chi connectivity index (χ3v) is 4.32. The van der Waals surface area contributed by atoms with Gasteiger partial charge in [-0.15, -0.1) is 0 Å². The fourth-order valence-electron chi connectivity index (χ4n) is 3.23. The van der Waals surface area contributed by atoms with Crippen LogP contribution in [0.25, 0.3) is 0 Å². The molecule has 2 aromatic carbocycles. The predicted molar refractivity (Wildman–Crippen MR) is 86.7 cm³/mol. The van der Waals surface area contributed by atoms with Gasteiger partial charge in [0.2, 0.25) is 0 Å². The van der Waals surface area contributed by atoms with Crippen LogP contribution in [0.3, 0.4) is 0 Å². The lowest BCUT2D eigenvalue weighted by atomic mass is 10.0. The Labute approximate surface area is 130 Å². The van der Waals surface area contributed by atoms with Crippen LogP contribution in [0.2, 0.25) is 0 Å². The minimum Gasteiger partial charge on any atom is -0.292 e. The topological polar surface area (TPSA) is 46.4 Å². The smallest absolute Gasteiger partial charge is 0.269 e. The molecule has 0 radical (unpaired) electrons. The Bertz CT molecular complexity index is 667. The number of non-ortho nitro benzene ring substituents is 1. The van der Waals surface area contributed by atoms with Crippen molar-refractivity contribution in [3.05, 3.63) is 75.3 Å². The molecule has 0 unspecified atom stereocenters. The van der Waals surface area contributed by atoms with E-state index in [4.69, 9.17) is 0 Å². The average molecular weight is 296 g/mol. The van der Waals surface area contributed by atoms with Gasteiger partial charge in [-0.3, -0.25) is 15.0 Å². The van der Waals surface area contributed by atoms with E-state index >= 15 is 0 Å². The van der Waals surface area contributed by atoms with Crippen molar-refractivity contribution >= 4 is 5.69 Å². The fourth-order valence-corrected chi connectivity index (χ4v) is 3.23. The summed E-state index contributed by atoms with van der Waals surface area (Å²) in [4.78, 5) is 12.8. The molecule has 1 atom stereocenters. The van der Waals surface area contributed by atoms with Gasteiger partial charge in [-0.2, -0.15) is 0 Å². The summed E-state index contributed by atoms with van der Waals surface area (Å²) in [5.41, 5.74) is 3.95. The summed E-state index contributed by atoms with van der Waals surface area (Å²) in [6, 6.07) is 16.1. The van der Waals surface area contributed by atoms with Crippen LogP contribution in [0.4, 0.5) is 5.69 Å². The summed E-state index contributed by atoms with van der Waals surface area (Å²) < 4.78 is 0. The van der Waals surface area contributed by atoms with Crippen LogP contribution in [0.5, 0.6) is 0 Å². The van der Waals surface area contributed by atoms with E-state index in [1.165, 1.54) is 24.0 Å². The van der Waals surface area contributed by atoms with Crippen molar-refractivity contribution in [3.8, 4) is 0 Å². The minimum atomic E-state index is -0.352. The molecule has 2 aromatic rings. The van der Waals surface area contributed by atoms with E-state index in [9.17, 15) is 10.1 Å². The maximum Gasteiger partial charge on any atom is 0.269 e. The molecule has 0 aliphatic carbocycles. The molecule has 3 rings (SSSR count). The largest absolute Gasteiger partial charge is 0.292 e. The molecule has 0 bridgehead atoms. The molecule has 0 N–H and O–H groups in total. The van der Waals surface area contributed by atoms with Gasteiger partial charge in [-0.1, -0.05) is 42.0 Å². The Morgan fingerprint density at radius 3 is 2.68 bits per heavy atom. The van der Waals surface area contributed by atoms with E-state index in [1.807, 2.05) is 12.1 Å². The number of nitro benzene ring substituents is 1. The van der Waals surface area contributed by atoms with Gasteiger partial charge in [0.05, 0.1) is 4.92 Å². The molecule has 0 aromatic heterocycles. The number of hydrogen-bond acceptors (Lipinski definition) is 3. The Morgan fingerprint density at radius 1 is 1.23 bits per heavy atom. The molecule has 4 nitrogen and oxygen atoms in total. The Hall–Kier alpha value is -2.20. The van der Waals surface area contributed by atoms with E-state index < -0.39 is 0 Å². The van der Waals surface area contributed by atoms with E-state index in [1.54, 1.807) is 12.1 Å². The monoisotopic (exact) mass is 296 g/mol. The summed E-state index contributed by atoms with van der Waals surface area (Å²) in [5.74, 6) is 0. The molecular weight excluding hydrogens is 276 g/mol. The van der Waals surface area contributed by atoms with Gasteiger partial charge in [0, 0.05) is 24.7 Å². The first-order valence-corrected chi connectivity index (χ1v) is 7.67. The maximum absolute atomic E-state index is 10.7. The quantitative estimate of drug-likeness (QED) is 0.626. The highest BCUT2D eigenvalue weighted by Gasteiger charge is 2.25. The second-order valence-electron chi connectivity index (χ2n) is 5.97. The standard InChI is InChI=1S/C18H20N2O2/c1-14-4-2-5-16(12-14)18-6-3-11-19(18)13-15-7-9-17(10-8-15)20(21)22/h2,4-5,7-10,12,18H,3,6,11,13H2,1H3/t18-/m1/s1. The maximum atomic E-state index is 10.7. The number of likely N-dealkylation sites (tertiary alicyclic amines) is 1. The van der Waals surface area contributed by atoms with E-state index in [0.717, 1.165) is 18.7 Å². The van der Waals surface area contributed by atoms with E-state index in [2.05, 4.69) is 36.1 Å². The highest BCUT2D eigenvalue weighted by atomic mass is 16.6. The summed E-state index contributed by atoms with van der Waals surface area (Å²) in [6.45, 7) is 4.05. The van der Waals surface area contributed by atoms with Crippen molar-refractivity contribution in [1.82, 2.24) is 4.90 Å². The second kappa shape index (κ2) is 6.28. The summed E-state index contributed by atoms with van der Waals surface area (Å²) >= 11 is 0. The number of aryl methyl sites for hydroxylation is 1. The van der Waals surface area contributed by atoms with Gasteiger partial charge in [0.25, 0.3) is 5.69 Å². The molecule has 1 aliphatic heterocycles. The van der Waals surface area contributed by atoms with Gasteiger partial charge in [0.15, 0.2) is 0 Å². The van der Waals surface area contributed by atoms with Crippen molar-refractivity contribution in [3.63, 3.8) is 0 Å². The average Bonchev–Trinajstić information content (AvgIpc) is 2.96. The van der Waals surface area contributed by atoms with Gasteiger partial charge in [-0.25, -0.2) is 0 Å². The van der Waals surface area contributed by atoms with E-state index in [0.29, 0.717) is 6.04 Å². The molecule has 0 saturated carbocycles. The Balaban J connectivity index is 1.75. The SMILES string of the molecule is Cc1cccc([C@H]2CCCN2Cc2ccc([N+](=O)[O-])cc2)c1. The van der Waals surface area contributed by atoms with Gasteiger partial charge in [-0.05, 0) is 37.4 Å². The van der Waals surface area contributed by atoms with Crippen LogP contribution in [0.1, 0.15) is 35.6 Å². The van der Waals surface area contributed by atoms with Crippen molar-refractivity contribution in [2.24, 2.45) is 0 Å². The highest BCUT2D eigenvalue weighted by molar-refractivity contribution is 5.33. The lowest BCUT2D eigenvalue weighted by Crippen LogP contribution is -2.22. The van der Waals surface area contributed by atoms with Gasteiger partial charge >= 0.3 is 0 Å². The third kappa shape index (κ3) is 3.17. The first-order chi connectivity index (χ1) is 10.6. The predicted octanol–water partition coefficient (Wildman–Crippen LogP) is 4.24. The van der Waals surface area contributed by atoms with Crippen molar-refractivity contribution in [2.75, 3.05) is 6.54 Å². The number of benzene rings is 2. The number of rotatable bonds is 4. The van der Waals surface area contributed by atoms with Crippen molar-refractivity contribution < 1.29 is 4.92 Å². The molecule has 22 heavy (non-hydrogen) atoms. The summed E-state index contributed by atoms with van der Waals surface area (Å²) in [7, 11) is 0. The fraction of sp³-hybridized carbons (Fsp3) is 0.333. The molecule has 1 saturated heterocycles. The molecule has 0 amide bonds. The summed E-state index contributed by atoms with van der Waals surface area (Å²) in [5, 5.41) is 10.7. The van der Waals surface area contributed by atoms with Crippen LogP contribution in [-0.4, -0.2) is 16.4 Å². The van der Waals surface area contributed by atoms with Gasteiger partial charge < -0.3 is 0 Å². The molecule has 1 heterocycles. The second-order valence-corrected chi connectivity index (χ2v) is 5.97. The zero-order valence-electron chi connectivity index (χ0n) is 12.7. The van der Waals surface area contributed by atoms with Crippen LogP contribution >= 0.6 is 0 Å². The van der Waals surface area contributed by atoms with E-state index in [-0.39, 0.29) is 10.6 Å². The normalized spacial score (nSPS) is 18.5. The zero-order valence-corrected chi connectivity index (χ0v) is 12.7. The molecule has 1 aliphatic rings. The number of nitro groups is 1. The van der Waals surface area contributed by atoms with Crippen molar-refractivity contribution in [2.45, 2.75) is 32.4 Å². The first kappa shape index (κ1) is 14.7. The Kier molecular flexibility index (Phi) is 4.20. The molecular formula is C18H20N2O2. The highest BCUT2D eigenvalue weighted by Crippen LogP contribution is 2.33. The first-order valence-electron chi connectivity index (χ1n) is 7.67. The lowest BCUT2D eigenvalue weighted by molar-refractivity contribution is -0.384. The molecule has 1 fully saturated rings. The molecule has 0 spiro atoms. The van der Waals surface area contributed by atoms with Crippen molar-refractivity contribution in [1.29, 1.82) is 0 Å². The van der Waals surface area contributed by atoms with Crippen LogP contribution in [0.15, 0.2) is 48.5 Å². The summed E-state index contributed by atoms with van der Waals surface area (Å²) in [6.07, 6.45) is 2.38. The lowest BCUT2D eigenvalue weighted by Gasteiger charge is -2.25. The minimum absolute atomic E-state index is 0.153. The molecule has 4 heteroatoms.